The van der Waals surface area contributed by atoms with Crippen molar-refractivity contribution >= 4 is 11.7 Å². The van der Waals surface area contributed by atoms with Gasteiger partial charge in [-0.2, -0.15) is 0 Å². The molecule has 30 heavy (non-hydrogen) atoms. The summed E-state index contributed by atoms with van der Waals surface area (Å²) in [5, 5.41) is 3.49. The molecule has 3 aromatic rings. The number of esters is 1. The number of hydrogen-bond acceptors (Lipinski definition) is 4. The first-order valence-electron chi connectivity index (χ1n) is 10.6. The van der Waals surface area contributed by atoms with E-state index in [9.17, 15) is 4.79 Å². The number of unbranched alkanes of at least 4 members (excludes halogenated alkanes) is 2. The van der Waals surface area contributed by atoms with Gasteiger partial charge in [0.1, 0.15) is 5.75 Å². The molecule has 5 rings (SSSR count). The molecule has 1 spiro atoms. The van der Waals surface area contributed by atoms with Gasteiger partial charge in [-0.3, -0.25) is 0 Å². The fourth-order valence-electron chi connectivity index (χ4n) is 4.77. The second-order valence-corrected chi connectivity index (χ2v) is 8.17. The highest BCUT2D eigenvalue weighted by Gasteiger charge is 2.55. The second kappa shape index (κ2) is 6.94. The molecule has 0 bridgehead atoms. The van der Waals surface area contributed by atoms with E-state index in [1.165, 1.54) is 12.8 Å². The Morgan fingerprint density at radius 1 is 1.10 bits per heavy atom. The van der Waals surface area contributed by atoms with Gasteiger partial charge in [0.2, 0.25) is 5.88 Å². The predicted octanol–water partition coefficient (Wildman–Crippen LogP) is 5.50. The van der Waals surface area contributed by atoms with Crippen LogP contribution in [0.15, 0.2) is 48.7 Å². The number of benzene rings is 2. The van der Waals surface area contributed by atoms with E-state index in [0.29, 0.717) is 17.2 Å². The first kappa shape index (κ1) is 18.8. The van der Waals surface area contributed by atoms with Crippen LogP contribution >= 0.6 is 0 Å². The average molecular weight is 402 g/mol. The number of carbonyl (C=O) groups is 1. The third-order valence-corrected chi connectivity index (χ3v) is 6.12. The summed E-state index contributed by atoms with van der Waals surface area (Å²) in [4.78, 5) is 12.9. The Morgan fingerprint density at radius 3 is 2.77 bits per heavy atom. The molecule has 0 saturated carbocycles. The standard InChI is InChI=1S/C25H26N2O3/c1-4-5-8-13-26-17-11-12-20-21(14-17)29-23-22(16(2)15-27(23)3)25(20)19-10-7-6-9-18(19)24(28)30-25/h6-7,9-12,14-15,26H,4-5,8,13H2,1-3H3. The van der Waals surface area contributed by atoms with Crippen molar-refractivity contribution in [1.82, 2.24) is 4.57 Å². The molecule has 3 heterocycles. The van der Waals surface area contributed by atoms with Gasteiger partial charge < -0.3 is 19.4 Å². The van der Waals surface area contributed by atoms with Gasteiger partial charge in [0.25, 0.3) is 0 Å². The van der Waals surface area contributed by atoms with Crippen LogP contribution in [0.3, 0.4) is 0 Å². The number of nitrogens with zero attached hydrogens (tertiary/aromatic N) is 1. The molecular formula is C25H26N2O3. The van der Waals surface area contributed by atoms with Gasteiger partial charge in [0.15, 0.2) is 5.60 Å². The number of carbonyl (C=O) groups excluding carboxylic acids is 1. The minimum absolute atomic E-state index is 0.297. The molecule has 5 nitrogen and oxygen atoms in total. The highest BCUT2D eigenvalue weighted by molar-refractivity contribution is 5.97. The smallest absolute Gasteiger partial charge is 0.340 e. The number of anilines is 1. The summed E-state index contributed by atoms with van der Waals surface area (Å²) in [5.74, 6) is 1.13. The van der Waals surface area contributed by atoms with Crippen molar-refractivity contribution in [3.63, 3.8) is 0 Å². The van der Waals surface area contributed by atoms with Crippen LogP contribution in [-0.2, 0) is 17.4 Å². The molecule has 0 amide bonds. The van der Waals surface area contributed by atoms with Gasteiger partial charge in [0.05, 0.1) is 11.1 Å². The number of fused-ring (bicyclic) bond motifs is 6. The Hall–Kier alpha value is -3.21. The monoisotopic (exact) mass is 402 g/mol. The summed E-state index contributed by atoms with van der Waals surface area (Å²) in [5.41, 5.74) is 4.31. The third-order valence-electron chi connectivity index (χ3n) is 6.12. The van der Waals surface area contributed by atoms with Crippen LogP contribution in [0.5, 0.6) is 11.6 Å². The van der Waals surface area contributed by atoms with E-state index in [4.69, 9.17) is 9.47 Å². The van der Waals surface area contributed by atoms with Crippen LogP contribution in [0.1, 0.15) is 58.8 Å². The maximum atomic E-state index is 12.9. The van der Waals surface area contributed by atoms with Gasteiger partial charge >= 0.3 is 5.97 Å². The summed E-state index contributed by atoms with van der Waals surface area (Å²) in [6.07, 6.45) is 5.55. The van der Waals surface area contributed by atoms with Crippen molar-refractivity contribution in [2.45, 2.75) is 38.7 Å². The SMILES string of the molecule is CCCCCNc1ccc2c(c1)Oc1c(c(C)cn1C)C21OC(=O)c2ccccc21. The minimum atomic E-state index is -0.983. The van der Waals surface area contributed by atoms with E-state index < -0.39 is 5.60 Å². The lowest BCUT2D eigenvalue weighted by Crippen LogP contribution is -2.33. The summed E-state index contributed by atoms with van der Waals surface area (Å²) < 4.78 is 14.5. The molecule has 1 aromatic heterocycles. The summed E-state index contributed by atoms with van der Waals surface area (Å²) in [6, 6.07) is 13.8. The maximum Gasteiger partial charge on any atom is 0.340 e. The Morgan fingerprint density at radius 2 is 1.93 bits per heavy atom. The van der Waals surface area contributed by atoms with Crippen molar-refractivity contribution in [3.05, 3.63) is 76.5 Å². The van der Waals surface area contributed by atoms with Gasteiger partial charge in [-0.15, -0.1) is 0 Å². The molecule has 0 saturated heterocycles. The zero-order valence-corrected chi connectivity index (χ0v) is 17.6. The van der Waals surface area contributed by atoms with Crippen LogP contribution in [0, 0.1) is 6.92 Å². The number of aryl methyl sites for hydroxylation is 2. The Kier molecular flexibility index (Phi) is 4.35. The molecule has 1 unspecified atom stereocenters. The zero-order valence-electron chi connectivity index (χ0n) is 17.6. The number of rotatable bonds is 5. The summed E-state index contributed by atoms with van der Waals surface area (Å²) in [6.45, 7) is 5.16. The summed E-state index contributed by atoms with van der Waals surface area (Å²) in [7, 11) is 1.96. The van der Waals surface area contributed by atoms with Crippen molar-refractivity contribution in [1.29, 1.82) is 0 Å². The van der Waals surface area contributed by atoms with Crippen molar-refractivity contribution in [2.24, 2.45) is 7.05 Å². The Balaban J connectivity index is 1.67. The lowest BCUT2D eigenvalue weighted by molar-refractivity contribution is 0.0221. The Labute approximate surface area is 176 Å². The lowest BCUT2D eigenvalue weighted by Gasteiger charge is -2.36. The fourth-order valence-corrected chi connectivity index (χ4v) is 4.77. The number of aromatic nitrogens is 1. The van der Waals surface area contributed by atoms with Crippen LogP contribution < -0.4 is 10.1 Å². The topological polar surface area (TPSA) is 52.5 Å². The number of ether oxygens (including phenoxy) is 2. The normalized spacial score (nSPS) is 18.4. The molecule has 2 aliphatic heterocycles. The maximum absolute atomic E-state index is 12.9. The van der Waals surface area contributed by atoms with Crippen LogP contribution in [0.4, 0.5) is 5.69 Å². The van der Waals surface area contributed by atoms with Crippen LogP contribution in [0.25, 0.3) is 0 Å². The van der Waals surface area contributed by atoms with Crippen LogP contribution in [0.2, 0.25) is 0 Å². The Bertz CT molecular complexity index is 1150. The molecule has 2 aliphatic rings. The van der Waals surface area contributed by atoms with Crippen molar-refractivity contribution < 1.29 is 14.3 Å². The lowest BCUT2D eigenvalue weighted by atomic mass is 9.77. The molecule has 2 aromatic carbocycles. The molecule has 0 fully saturated rings. The largest absolute Gasteiger partial charge is 0.440 e. The molecule has 0 aliphatic carbocycles. The van der Waals surface area contributed by atoms with E-state index >= 15 is 0 Å². The van der Waals surface area contributed by atoms with Crippen molar-refractivity contribution in [2.75, 3.05) is 11.9 Å². The van der Waals surface area contributed by atoms with Gasteiger partial charge in [-0.05, 0) is 37.1 Å². The molecule has 1 atom stereocenters. The highest BCUT2D eigenvalue weighted by atomic mass is 16.6. The average Bonchev–Trinajstić information content (AvgIpc) is 3.20. The van der Waals surface area contributed by atoms with E-state index in [0.717, 1.165) is 40.9 Å². The number of nitrogens with one attached hydrogen (secondary N) is 1. The van der Waals surface area contributed by atoms with Gasteiger partial charge in [-0.25, -0.2) is 4.79 Å². The van der Waals surface area contributed by atoms with Crippen LogP contribution in [-0.4, -0.2) is 17.1 Å². The quantitative estimate of drug-likeness (QED) is 0.452. The van der Waals surface area contributed by atoms with E-state index in [1.54, 1.807) is 0 Å². The minimum Gasteiger partial charge on any atom is -0.440 e. The number of hydrogen-bond donors (Lipinski definition) is 1. The molecule has 154 valence electrons. The zero-order chi connectivity index (χ0) is 20.9. The molecule has 0 radical (unpaired) electrons. The van der Waals surface area contributed by atoms with Crippen molar-refractivity contribution in [3.8, 4) is 11.6 Å². The molecule has 1 N–H and O–H groups in total. The first-order chi connectivity index (χ1) is 14.6. The van der Waals surface area contributed by atoms with Gasteiger partial charge in [-0.1, -0.05) is 38.0 Å². The predicted molar refractivity (Wildman–Crippen MR) is 116 cm³/mol. The van der Waals surface area contributed by atoms with E-state index in [-0.39, 0.29) is 5.97 Å². The van der Waals surface area contributed by atoms with E-state index in [2.05, 4.69) is 12.2 Å². The molecular weight excluding hydrogens is 376 g/mol. The van der Waals surface area contributed by atoms with E-state index in [1.807, 2.05) is 67.2 Å². The third kappa shape index (κ3) is 2.58. The molecule has 5 heteroatoms. The summed E-state index contributed by atoms with van der Waals surface area (Å²) >= 11 is 0. The highest BCUT2D eigenvalue weighted by Crippen LogP contribution is 2.57. The second-order valence-electron chi connectivity index (χ2n) is 8.17. The first-order valence-corrected chi connectivity index (χ1v) is 10.6. The van der Waals surface area contributed by atoms with Gasteiger partial charge in [0, 0.05) is 42.7 Å². The fraction of sp³-hybridized carbons (Fsp3) is 0.320.